The molecule has 0 fully saturated rings. The van der Waals surface area contributed by atoms with Gasteiger partial charge >= 0.3 is 0 Å². The largest absolute Gasteiger partial charge is 0.504 e. The number of methoxy groups -OCH3 is 3. The van der Waals surface area contributed by atoms with Crippen molar-refractivity contribution in [1.82, 2.24) is 0 Å². The molecule has 2 aromatic carbocycles. The van der Waals surface area contributed by atoms with Crippen LogP contribution in [0.5, 0.6) is 23.0 Å². The molecule has 0 radical (unpaired) electrons. The normalized spacial score (nSPS) is 11.1. The van der Waals surface area contributed by atoms with Crippen LogP contribution in [-0.2, 0) is 0 Å². The Morgan fingerprint density at radius 3 is 2.05 bits per heavy atom. The summed E-state index contributed by atoms with van der Waals surface area (Å²) in [6, 6.07) is 10.6. The fourth-order valence-corrected chi connectivity index (χ4v) is 2.17. The molecule has 0 atom stereocenters. The van der Waals surface area contributed by atoms with Gasteiger partial charge in [-0.25, -0.2) is 0 Å². The average Bonchev–Trinajstić information content (AvgIpc) is 2.56. The highest BCUT2D eigenvalue weighted by Gasteiger charge is 2.11. The third-order valence-corrected chi connectivity index (χ3v) is 3.32. The summed E-state index contributed by atoms with van der Waals surface area (Å²) < 4.78 is 15.7. The maximum absolute atomic E-state index is 9.71. The molecule has 2 rings (SSSR count). The molecule has 0 unspecified atom stereocenters. The second kappa shape index (κ2) is 6.76. The Morgan fingerprint density at radius 2 is 1.55 bits per heavy atom. The Hall–Kier alpha value is -2.82. The first-order valence-corrected chi connectivity index (χ1v) is 6.65. The molecule has 5 heteroatoms. The molecule has 0 bridgehead atoms. The fourth-order valence-electron chi connectivity index (χ4n) is 2.17. The number of rotatable bonds is 5. The van der Waals surface area contributed by atoms with Crippen LogP contribution >= 0.6 is 0 Å². The molecule has 5 nitrogen and oxygen atoms in total. The molecular weight excluding hydrogens is 282 g/mol. The van der Waals surface area contributed by atoms with Crippen molar-refractivity contribution < 1.29 is 19.3 Å². The number of ether oxygens (including phenoxy) is 3. The predicted molar refractivity (Wildman–Crippen MR) is 85.5 cm³/mol. The van der Waals surface area contributed by atoms with Crippen LogP contribution in [0.25, 0.3) is 5.57 Å². The molecule has 0 aliphatic carbocycles. The number of phenolic OH excluding ortho intramolecular Hbond substituents is 1. The van der Waals surface area contributed by atoms with E-state index in [1.807, 2.05) is 12.1 Å². The van der Waals surface area contributed by atoms with E-state index in [1.54, 1.807) is 38.5 Å². The van der Waals surface area contributed by atoms with Gasteiger partial charge in [-0.1, -0.05) is 6.07 Å². The first-order chi connectivity index (χ1) is 10.6. The lowest BCUT2D eigenvalue weighted by Crippen LogP contribution is -1.96. The summed E-state index contributed by atoms with van der Waals surface area (Å²) in [5.74, 6) is 1.79. The van der Waals surface area contributed by atoms with Gasteiger partial charge in [0, 0.05) is 17.8 Å². The van der Waals surface area contributed by atoms with Gasteiger partial charge in [-0.05, 0) is 35.4 Å². The van der Waals surface area contributed by atoms with Gasteiger partial charge in [0.25, 0.3) is 0 Å². The average molecular weight is 301 g/mol. The van der Waals surface area contributed by atoms with Gasteiger partial charge < -0.3 is 25.1 Å². The monoisotopic (exact) mass is 301 g/mol. The minimum Gasteiger partial charge on any atom is -0.504 e. The first kappa shape index (κ1) is 15.6. The molecule has 0 heterocycles. The molecular formula is C17H19NO4. The van der Waals surface area contributed by atoms with Crippen LogP contribution in [0, 0.1) is 0 Å². The summed E-state index contributed by atoms with van der Waals surface area (Å²) in [5, 5.41) is 9.71. The van der Waals surface area contributed by atoms with Gasteiger partial charge in [-0.3, -0.25) is 0 Å². The molecule has 0 saturated heterocycles. The summed E-state index contributed by atoms with van der Waals surface area (Å²) >= 11 is 0. The third-order valence-electron chi connectivity index (χ3n) is 3.32. The van der Waals surface area contributed by atoms with Gasteiger partial charge in [0.2, 0.25) is 0 Å². The SMILES string of the molecule is COc1cc(OC)cc(C(=CN)c2ccc(O)c(OC)c2)c1. The Morgan fingerprint density at radius 1 is 0.909 bits per heavy atom. The van der Waals surface area contributed by atoms with E-state index in [9.17, 15) is 5.11 Å². The zero-order valence-electron chi connectivity index (χ0n) is 12.8. The highest BCUT2D eigenvalue weighted by molar-refractivity contribution is 5.81. The van der Waals surface area contributed by atoms with Gasteiger partial charge in [0.15, 0.2) is 11.5 Å². The third kappa shape index (κ3) is 3.09. The van der Waals surface area contributed by atoms with Crippen molar-refractivity contribution in [3.05, 3.63) is 53.7 Å². The van der Waals surface area contributed by atoms with Crippen LogP contribution in [0.2, 0.25) is 0 Å². The Kier molecular flexibility index (Phi) is 4.78. The molecule has 116 valence electrons. The lowest BCUT2D eigenvalue weighted by molar-refractivity contribution is 0.373. The van der Waals surface area contributed by atoms with E-state index in [-0.39, 0.29) is 5.75 Å². The molecule has 0 saturated carbocycles. The van der Waals surface area contributed by atoms with Crippen molar-refractivity contribution in [3.8, 4) is 23.0 Å². The summed E-state index contributed by atoms with van der Waals surface area (Å²) in [4.78, 5) is 0. The first-order valence-electron chi connectivity index (χ1n) is 6.65. The van der Waals surface area contributed by atoms with Gasteiger partial charge in [0.1, 0.15) is 11.5 Å². The molecule has 22 heavy (non-hydrogen) atoms. The van der Waals surface area contributed by atoms with Crippen molar-refractivity contribution in [2.75, 3.05) is 21.3 Å². The second-order valence-electron chi connectivity index (χ2n) is 4.57. The van der Waals surface area contributed by atoms with Crippen molar-refractivity contribution >= 4 is 5.57 Å². The fraction of sp³-hybridized carbons (Fsp3) is 0.176. The minimum absolute atomic E-state index is 0.0749. The second-order valence-corrected chi connectivity index (χ2v) is 4.57. The van der Waals surface area contributed by atoms with Gasteiger partial charge in [-0.2, -0.15) is 0 Å². The van der Waals surface area contributed by atoms with E-state index >= 15 is 0 Å². The lowest BCUT2D eigenvalue weighted by atomic mass is 9.98. The van der Waals surface area contributed by atoms with Crippen molar-refractivity contribution in [2.45, 2.75) is 0 Å². The van der Waals surface area contributed by atoms with Crippen LogP contribution in [0.1, 0.15) is 11.1 Å². The Bertz CT molecular complexity index is 673. The molecule has 3 N–H and O–H groups in total. The van der Waals surface area contributed by atoms with Crippen LogP contribution < -0.4 is 19.9 Å². The Balaban J connectivity index is 2.53. The summed E-state index contributed by atoms with van der Waals surface area (Å²) in [6.45, 7) is 0. The number of phenols is 1. The molecule has 0 aliphatic rings. The number of aromatic hydroxyl groups is 1. The quantitative estimate of drug-likeness (QED) is 0.888. The highest BCUT2D eigenvalue weighted by atomic mass is 16.5. The number of nitrogens with two attached hydrogens (primary N) is 1. The van der Waals surface area contributed by atoms with E-state index in [2.05, 4.69) is 0 Å². The highest BCUT2D eigenvalue weighted by Crippen LogP contribution is 2.34. The van der Waals surface area contributed by atoms with E-state index in [4.69, 9.17) is 19.9 Å². The van der Waals surface area contributed by atoms with Gasteiger partial charge in [-0.15, -0.1) is 0 Å². The molecule has 0 aliphatic heterocycles. The number of hydrogen-bond acceptors (Lipinski definition) is 5. The minimum atomic E-state index is 0.0749. The number of benzene rings is 2. The summed E-state index contributed by atoms with van der Waals surface area (Å²) in [5.41, 5.74) is 8.23. The molecule has 0 amide bonds. The predicted octanol–water partition coefficient (Wildman–Crippen LogP) is 2.77. The lowest BCUT2D eigenvalue weighted by Gasteiger charge is -2.13. The van der Waals surface area contributed by atoms with E-state index < -0.39 is 0 Å². The van der Waals surface area contributed by atoms with Gasteiger partial charge in [0.05, 0.1) is 21.3 Å². The molecule has 0 spiro atoms. The van der Waals surface area contributed by atoms with E-state index in [1.165, 1.54) is 13.3 Å². The van der Waals surface area contributed by atoms with Crippen molar-refractivity contribution in [3.63, 3.8) is 0 Å². The Labute approximate surface area is 129 Å². The zero-order valence-corrected chi connectivity index (χ0v) is 12.8. The summed E-state index contributed by atoms with van der Waals surface area (Å²) in [6.07, 6.45) is 1.50. The molecule has 2 aromatic rings. The maximum atomic E-state index is 9.71. The maximum Gasteiger partial charge on any atom is 0.161 e. The van der Waals surface area contributed by atoms with E-state index in [0.717, 1.165) is 16.7 Å². The van der Waals surface area contributed by atoms with Crippen LogP contribution in [0.15, 0.2) is 42.6 Å². The standard InChI is InChI=1S/C17H19NO4/c1-20-13-6-12(7-14(9-13)21-2)15(10-18)11-4-5-16(19)17(8-11)22-3/h4-10,19H,18H2,1-3H3. The smallest absolute Gasteiger partial charge is 0.161 e. The van der Waals surface area contributed by atoms with E-state index in [0.29, 0.717) is 17.2 Å². The van der Waals surface area contributed by atoms with Crippen molar-refractivity contribution in [2.24, 2.45) is 5.73 Å². The molecule has 0 aromatic heterocycles. The van der Waals surface area contributed by atoms with Crippen LogP contribution in [0.4, 0.5) is 0 Å². The zero-order chi connectivity index (χ0) is 16.1. The van der Waals surface area contributed by atoms with Crippen LogP contribution in [0.3, 0.4) is 0 Å². The van der Waals surface area contributed by atoms with Crippen LogP contribution in [-0.4, -0.2) is 26.4 Å². The topological polar surface area (TPSA) is 73.9 Å². The number of hydrogen-bond donors (Lipinski definition) is 2. The van der Waals surface area contributed by atoms with Crippen molar-refractivity contribution in [1.29, 1.82) is 0 Å². The summed E-state index contributed by atoms with van der Waals surface area (Å²) in [7, 11) is 4.68.